The first-order valence-corrected chi connectivity index (χ1v) is 18.2. The Morgan fingerprint density at radius 3 is 1.71 bits per heavy atom. The summed E-state index contributed by atoms with van der Waals surface area (Å²) in [6.45, 7) is 1.13. The van der Waals surface area contributed by atoms with Crippen molar-refractivity contribution < 1.29 is 13.8 Å². The second kappa shape index (κ2) is 15.2. The van der Waals surface area contributed by atoms with Gasteiger partial charge >= 0.3 is 0 Å². The molecule has 0 radical (unpaired) electrons. The van der Waals surface area contributed by atoms with E-state index in [1.165, 1.54) is 11.1 Å². The highest BCUT2D eigenvalue weighted by atomic mass is 32.1. The Morgan fingerprint density at radius 1 is 0.635 bits per heavy atom. The Morgan fingerprint density at radius 2 is 1.13 bits per heavy atom. The van der Waals surface area contributed by atoms with Crippen molar-refractivity contribution in [3.63, 3.8) is 0 Å². The largest absolute Gasteiger partial charge is 0.343 e. The number of rotatable bonds is 12. The third-order valence-corrected chi connectivity index (χ3v) is 10.1. The van der Waals surface area contributed by atoms with Crippen molar-refractivity contribution in [3.8, 4) is 0 Å². The van der Waals surface area contributed by atoms with Gasteiger partial charge in [0.1, 0.15) is 17.1 Å². The molecule has 1 amide bonds. The third-order valence-electron chi connectivity index (χ3n) is 9.66. The van der Waals surface area contributed by atoms with Crippen molar-refractivity contribution in [2.75, 3.05) is 13.1 Å². The number of hydrogen-bond donors (Lipinski definition) is 0. The summed E-state index contributed by atoms with van der Waals surface area (Å²) in [5.41, 5.74) is 4.10. The fourth-order valence-corrected chi connectivity index (χ4v) is 7.22. The zero-order valence-electron chi connectivity index (χ0n) is 28.7. The predicted octanol–water partition coefficient (Wildman–Crippen LogP) is 8.00. The summed E-state index contributed by atoms with van der Waals surface area (Å²) in [6, 6.07) is 32.1. The molecular formula is C42H38N6O3S. The van der Waals surface area contributed by atoms with Crippen LogP contribution in [0.3, 0.4) is 0 Å². The Kier molecular flexibility index (Phi) is 9.79. The van der Waals surface area contributed by atoms with Crippen molar-refractivity contribution in [3.05, 3.63) is 167 Å². The zero-order chi connectivity index (χ0) is 35.3. The molecule has 0 spiro atoms. The van der Waals surface area contributed by atoms with Crippen LogP contribution in [0.2, 0.25) is 0 Å². The van der Waals surface area contributed by atoms with E-state index < -0.39 is 6.04 Å². The molecule has 2 aromatic heterocycles. The Balaban J connectivity index is 0.899. The van der Waals surface area contributed by atoms with Gasteiger partial charge in [-0.05, 0) is 65.8 Å². The molecule has 52 heavy (non-hydrogen) atoms. The van der Waals surface area contributed by atoms with Gasteiger partial charge in [0.25, 0.3) is 17.7 Å². The lowest BCUT2D eigenvalue weighted by Crippen LogP contribution is -2.31. The molecule has 260 valence electrons. The Labute approximate surface area is 307 Å². The lowest BCUT2D eigenvalue weighted by atomic mass is 10.0. The molecular weight excluding hydrogens is 669 g/mol. The van der Waals surface area contributed by atoms with Crippen LogP contribution in [0.5, 0.6) is 0 Å². The minimum atomic E-state index is -0.399. The van der Waals surface area contributed by atoms with Crippen LogP contribution >= 0.6 is 12.2 Å². The maximum Gasteiger partial charge on any atom is 0.255 e. The molecule has 2 aliphatic heterocycles. The van der Waals surface area contributed by atoms with Crippen molar-refractivity contribution >= 4 is 33.9 Å². The van der Waals surface area contributed by atoms with E-state index in [1.54, 1.807) is 4.90 Å². The van der Waals surface area contributed by atoms with E-state index in [4.69, 9.17) is 26.2 Å². The van der Waals surface area contributed by atoms with Gasteiger partial charge in [-0.3, -0.25) is 4.79 Å². The monoisotopic (exact) mass is 706 g/mol. The standard InChI is InChI=1S/C42H38N6O3S/c49-41(47-25-9-17-35(47)39-43-37(45-50-39)19-7-15-29-11-3-1-4-12-29)33-23-21-32-28-34(24-22-31(32)27-33)42(52)48-26-10-18-36(48)40-44-38(46-51-40)20-8-16-30-13-5-2-6-14-30/h1-6,9-14,17-18,21-24,27-28,35-36H,7-8,15-16,19-20,25-26H2/t35-,36-/m0/s1. The smallest absolute Gasteiger partial charge is 0.255 e. The highest BCUT2D eigenvalue weighted by Gasteiger charge is 2.32. The van der Waals surface area contributed by atoms with Gasteiger partial charge in [-0.25, -0.2) is 0 Å². The lowest BCUT2D eigenvalue weighted by Gasteiger charge is -2.25. The van der Waals surface area contributed by atoms with Crippen LogP contribution in [0.4, 0.5) is 0 Å². The molecule has 0 saturated heterocycles. The number of aromatic nitrogens is 4. The van der Waals surface area contributed by atoms with Gasteiger partial charge in [0, 0.05) is 37.1 Å². The summed E-state index contributed by atoms with van der Waals surface area (Å²) in [4.78, 5) is 27.7. The maximum absolute atomic E-state index is 13.8. The number of benzene rings is 4. The highest BCUT2D eigenvalue weighted by molar-refractivity contribution is 7.80. The zero-order valence-corrected chi connectivity index (χ0v) is 29.5. The second-order valence-electron chi connectivity index (χ2n) is 13.2. The molecule has 2 aliphatic rings. The number of thiocarbonyl (C=S) groups is 1. The molecule has 4 heterocycles. The van der Waals surface area contributed by atoms with E-state index in [0.717, 1.165) is 48.4 Å². The first kappa shape index (κ1) is 33.4. The summed E-state index contributed by atoms with van der Waals surface area (Å²) in [5.74, 6) is 2.26. The van der Waals surface area contributed by atoms with E-state index in [0.29, 0.717) is 53.5 Å². The van der Waals surface area contributed by atoms with Crippen molar-refractivity contribution in [2.24, 2.45) is 0 Å². The summed E-state index contributed by atoms with van der Waals surface area (Å²) >= 11 is 6.01. The third kappa shape index (κ3) is 7.34. The fraction of sp³-hybridized carbons (Fsp3) is 0.238. The first-order valence-electron chi connectivity index (χ1n) is 17.8. The van der Waals surface area contributed by atoms with Crippen molar-refractivity contribution in [2.45, 2.75) is 50.6 Å². The normalized spacial score (nSPS) is 16.7. The maximum atomic E-state index is 13.8. The number of carbonyl (C=O) groups is 1. The summed E-state index contributed by atoms with van der Waals surface area (Å²) in [5, 5.41) is 10.4. The van der Waals surface area contributed by atoms with E-state index in [-0.39, 0.29) is 11.9 Å². The van der Waals surface area contributed by atoms with E-state index in [1.807, 2.05) is 66.7 Å². The molecule has 0 bridgehead atoms. The molecule has 0 aliphatic carbocycles. The molecule has 0 N–H and O–H groups in total. The molecule has 10 heteroatoms. The molecule has 8 rings (SSSR count). The van der Waals surface area contributed by atoms with E-state index in [9.17, 15) is 4.79 Å². The Bertz CT molecular complexity index is 2090. The SMILES string of the molecule is O=C(c1ccc2cc(C(=S)N3CC=C[C@H]3c3nc(CCCc4ccccc4)no3)ccc2c1)N1CC=C[C@H]1c1nc(CCCc2ccccc2)no1. The topological polar surface area (TPSA) is 101 Å². The molecule has 0 unspecified atom stereocenters. The molecule has 0 fully saturated rings. The van der Waals surface area contributed by atoms with Gasteiger partial charge in [0.05, 0.1) is 0 Å². The molecule has 6 aromatic rings. The van der Waals surface area contributed by atoms with Crippen LogP contribution in [0.15, 0.2) is 130 Å². The van der Waals surface area contributed by atoms with Gasteiger partial charge in [-0.1, -0.05) is 126 Å². The van der Waals surface area contributed by atoms with Crippen molar-refractivity contribution in [1.29, 1.82) is 0 Å². The minimum absolute atomic E-state index is 0.0923. The molecule has 4 aromatic carbocycles. The number of amides is 1. The number of aryl methyl sites for hydroxylation is 4. The lowest BCUT2D eigenvalue weighted by molar-refractivity contribution is 0.0727. The van der Waals surface area contributed by atoms with Gasteiger partial charge < -0.3 is 18.8 Å². The summed E-state index contributed by atoms with van der Waals surface area (Å²) in [7, 11) is 0. The van der Waals surface area contributed by atoms with Gasteiger partial charge in [0.2, 0.25) is 0 Å². The fourth-order valence-electron chi connectivity index (χ4n) is 6.90. The summed E-state index contributed by atoms with van der Waals surface area (Å²) in [6.07, 6.45) is 13.3. The Hall–Kier alpha value is -5.74. The molecule has 0 saturated carbocycles. The number of carbonyl (C=O) groups excluding carboxylic acids is 1. The van der Waals surface area contributed by atoms with Crippen LogP contribution in [-0.2, 0) is 25.7 Å². The average molecular weight is 707 g/mol. The van der Waals surface area contributed by atoms with Crippen LogP contribution in [0.1, 0.15) is 75.4 Å². The number of nitrogens with zero attached hydrogens (tertiary/aromatic N) is 6. The number of hydrogen-bond acceptors (Lipinski definition) is 8. The minimum Gasteiger partial charge on any atom is -0.343 e. The summed E-state index contributed by atoms with van der Waals surface area (Å²) < 4.78 is 11.4. The highest BCUT2D eigenvalue weighted by Crippen LogP contribution is 2.31. The van der Waals surface area contributed by atoms with Gasteiger partial charge in [-0.15, -0.1) is 0 Å². The van der Waals surface area contributed by atoms with E-state index in [2.05, 4.69) is 74.8 Å². The van der Waals surface area contributed by atoms with Crippen LogP contribution in [0.25, 0.3) is 10.8 Å². The molecule has 2 atom stereocenters. The van der Waals surface area contributed by atoms with Crippen LogP contribution in [-0.4, -0.2) is 54.1 Å². The van der Waals surface area contributed by atoms with Gasteiger partial charge in [-0.2, -0.15) is 9.97 Å². The van der Waals surface area contributed by atoms with Gasteiger partial charge in [0.15, 0.2) is 11.6 Å². The average Bonchev–Trinajstić information content (AvgIpc) is 4.02. The first-order chi connectivity index (χ1) is 25.6. The van der Waals surface area contributed by atoms with E-state index >= 15 is 0 Å². The number of fused-ring (bicyclic) bond motifs is 1. The quantitative estimate of drug-likeness (QED) is 0.0926. The molecule has 9 nitrogen and oxygen atoms in total. The van der Waals surface area contributed by atoms with Crippen LogP contribution in [0, 0.1) is 0 Å². The van der Waals surface area contributed by atoms with Crippen LogP contribution < -0.4 is 0 Å². The van der Waals surface area contributed by atoms with Crippen molar-refractivity contribution in [1.82, 2.24) is 30.1 Å². The predicted molar refractivity (Wildman–Crippen MR) is 203 cm³/mol. The second-order valence-corrected chi connectivity index (χ2v) is 13.6.